The minimum absolute atomic E-state index is 0.425. The maximum atomic E-state index is 5.50. The van der Waals surface area contributed by atoms with Crippen molar-refractivity contribution in [2.75, 3.05) is 14.2 Å². The molecule has 1 aromatic carbocycles. The fourth-order valence-electron chi connectivity index (χ4n) is 2.57. The van der Waals surface area contributed by atoms with Gasteiger partial charge in [-0.1, -0.05) is 22.9 Å². The SMILES string of the molecule is CNC1CCC(C)c2cc(Br)cc(OC)c21. The first-order valence-electron chi connectivity index (χ1n) is 5.72. The number of halogens is 1. The minimum Gasteiger partial charge on any atom is -0.496 e. The van der Waals surface area contributed by atoms with E-state index in [-0.39, 0.29) is 0 Å². The Morgan fingerprint density at radius 2 is 2.12 bits per heavy atom. The summed E-state index contributed by atoms with van der Waals surface area (Å²) in [5.41, 5.74) is 2.75. The Morgan fingerprint density at radius 1 is 1.38 bits per heavy atom. The standard InChI is InChI=1S/C13H18BrNO/c1-8-4-5-11(15-2)13-10(8)6-9(14)7-12(13)16-3/h6-8,11,15H,4-5H2,1-3H3. The lowest BCUT2D eigenvalue weighted by molar-refractivity contribution is 0.383. The van der Waals surface area contributed by atoms with E-state index < -0.39 is 0 Å². The zero-order chi connectivity index (χ0) is 11.7. The van der Waals surface area contributed by atoms with Crippen molar-refractivity contribution in [2.45, 2.75) is 31.7 Å². The molecule has 1 aliphatic rings. The van der Waals surface area contributed by atoms with Gasteiger partial charge in [0.25, 0.3) is 0 Å². The van der Waals surface area contributed by atoms with E-state index in [0.29, 0.717) is 12.0 Å². The van der Waals surface area contributed by atoms with E-state index in [0.717, 1.165) is 10.2 Å². The fourth-order valence-corrected chi connectivity index (χ4v) is 3.02. The molecule has 1 N–H and O–H groups in total. The lowest BCUT2D eigenvalue weighted by Crippen LogP contribution is -2.23. The Kier molecular flexibility index (Phi) is 3.55. The molecule has 0 saturated carbocycles. The molecule has 2 atom stereocenters. The first kappa shape index (κ1) is 11.9. The molecule has 0 radical (unpaired) electrons. The highest BCUT2D eigenvalue weighted by atomic mass is 79.9. The van der Waals surface area contributed by atoms with E-state index in [4.69, 9.17) is 4.74 Å². The topological polar surface area (TPSA) is 21.3 Å². The number of benzene rings is 1. The third kappa shape index (κ3) is 1.98. The average molecular weight is 284 g/mol. The molecule has 88 valence electrons. The predicted octanol–water partition coefficient (Wildman–Crippen LogP) is 3.62. The van der Waals surface area contributed by atoms with Crippen LogP contribution in [0.5, 0.6) is 5.75 Å². The maximum Gasteiger partial charge on any atom is 0.125 e. The summed E-state index contributed by atoms with van der Waals surface area (Å²) >= 11 is 3.55. The molecule has 1 aromatic rings. The van der Waals surface area contributed by atoms with Crippen LogP contribution in [0.3, 0.4) is 0 Å². The lowest BCUT2D eigenvalue weighted by Gasteiger charge is -2.31. The van der Waals surface area contributed by atoms with Gasteiger partial charge in [-0.25, -0.2) is 0 Å². The third-order valence-electron chi connectivity index (χ3n) is 3.47. The van der Waals surface area contributed by atoms with Gasteiger partial charge >= 0.3 is 0 Å². The monoisotopic (exact) mass is 283 g/mol. The number of nitrogens with one attached hydrogen (secondary N) is 1. The molecule has 2 unspecified atom stereocenters. The Balaban J connectivity index is 2.57. The average Bonchev–Trinajstić information content (AvgIpc) is 2.29. The van der Waals surface area contributed by atoms with Crippen LogP contribution in [0, 0.1) is 0 Å². The molecule has 0 aromatic heterocycles. The van der Waals surface area contributed by atoms with Gasteiger partial charge in [0.2, 0.25) is 0 Å². The number of ether oxygens (including phenoxy) is 1. The smallest absolute Gasteiger partial charge is 0.125 e. The van der Waals surface area contributed by atoms with Crippen molar-refractivity contribution in [1.82, 2.24) is 5.32 Å². The van der Waals surface area contributed by atoms with Gasteiger partial charge in [-0.15, -0.1) is 0 Å². The van der Waals surface area contributed by atoms with Crippen molar-refractivity contribution in [1.29, 1.82) is 0 Å². The van der Waals surface area contributed by atoms with Crippen LogP contribution in [-0.4, -0.2) is 14.2 Å². The molecule has 0 heterocycles. The van der Waals surface area contributed by atoms with Crippen LogP contribution in [0.4, 0.5) is 0 Å². The van der Waals surface area contributed by atoms with Crippen LogP contribution >= 0.6 is 15.9 Å². The summed E-state index contributed by atoms with van der Waals surface area (Å²) in [6.45, 7) is 2.29. The second-order valence-corrected chi connectivity index (χ2v) is 5.35. The Bertz CT molecular complexity index is 392. The van der Waals surface area contributed by atoms with Gasteiger partial charge in [0.05, 0.1) is 7.11 Å². The van der Waals surface area contributed by atoms with Gasteiger partial charge in [-0.2, -0.15) is 0 Å². The summed E-state index contributed by atoms with van der Waals surface area (Å²) in [6, 6.07) is 4.71. The van der Waals surface area contributed by atoms with Crippen molar-refractivity contribution in [3.05, 3.63) is 27.7 Å². The molecule has 0 fully saturated rings. The van der Waals surface area contributed by atoms with Crippen molar-refractivity contribution in [2.24, 2.45) is 0 Å². The first-order valence-corrected chi connectivity index (χ1v) is 6.51. The van der Waals surface area contributed by atoms with Gasteiger partial charge in [-0.05, 0) is 43.5 Å². The normalized spacial score (nSPS) is 24.0. The zero-order valence-electron chi connectivity index (χ0n) is 10.0. The Labute approximate surface area is 106 Å². The number of fused-ring (bicyclic) bond motifs is 1. The minimum atomic E-state index is 0.425. The summed E-state index contributed by atoms with van der Waals surface area (Å²) < 4.78 is 6.61. The van der Waals surface area contributed by atoms with E-state index in [1.54, 1.807) is 7.11 Å². The van der Waals surface area contributed by atoms with Crippen molar-refractivity contribution in [3.63, 3.8) is 0 Å². The molecule has 0 aliphatic heterocycles. The summed E-state index contributed by atoms with van der Waals surface area (Å²) in [6.07, 6.45) is 2.42. The number of hydrogen-bond acceptors (Lipinski definition) is 2. The van der Waals surface area contributed by atoms with E-state index in [9.17, 15) is 0 Å². The van der Waals surface area contributed by atoms with Crippen LogP contribution in [0.2, 0.25) is 0 Å². The highest BCUT2D eigenvalue weighted by Crippen LogP contribution is 2.43. The summed E-state index contributed by atoms with van der Waals surface area (Å²) in [4.78, 5) is 0. The van der Waals surface area contributed by atoms with Crippen LogP contribution in [0.1, 0.15) is 42.9 Å². The maximum absolute atomic E-state index is 5.50. The molecule has 2 nitrogen and oxygen atoms in total. The summed E-state index contributed by atoms with van der Waals surface area (Å²) in [5.74, 6) is 1.61. The largest absolute Gasteiger partial charge is 0.496 e. The number of rotatable bonds is 2. The molecule has 0 saturated heterocycles. The molecule has 1 aliphatic carbocycles. The van der Waals surface area contributed by atoms with Crippen molar-refractivity contribution in [3.8, 4) is 5.75 Å². The van der Waals surface area contributed by atoms with Gasteiger partial charge in [0.1, 0.15) is 5.75 Å². The predicted molar refractivity (Wildman–Crippen MR) is 70.1 cm³/mol. The van der Waals surface area contributed by atoms with Crippen LogP contribution in [0.25, 0.3) is 0 Å². The van der Waals surface area contributed by atoms with Gasteiger partial charge in [-0.3, -0.25) is 0 Å². The van der Waals surface area contributed by atoms with Crippen molar-refractivity contribution < 1.29 is 4.74 Å². The lowest BCUT2D eigenvalue weighted by atomic mass is 9.80. The molecule has 3 heteroatoms. The molecule has 0 bridgehead atoms. The van der Waals surface area contributed by atoms with Crippen molar-refractivity contribution >= 4 is 15.9 Å². The molecular weight excluding hydrogens is 266 g/mol. The second kappa shape index (κ2) is 4.76. The van der Waals surface area contributed by atoms with Crippen LogP contribution < -0.4 is 10.1 Å². The summed E-state index contributed by atoms with van der Waals surface area (Å²) in [7, 11) is 3.76. The molecule has 0 spiro atoms. The van der Waals surface area contributed by atoms with Crippen LogP contribution in [-0.2, 0) is 0 Å². The third-order valence-corrected chi connectivity index (χ3v) is 3.93. The molecular formula is C13H18BrNO. The molecule has 2 rings (SSSR count). The van der Waals surface area contributed by atoms with E-state index in [1.807, 2.05) is 7.05 Å². The molecule has 0 amide bonds. The van der Waals surface area contributed by atoms with E-state index >= 15 is 0 Å². The number of methoxy groups -OCH3 is 1. The van der Waals surface area contributed by atoms with Gasteiger partial charge < -0.3 is 10.1 Å². The first-order chi connectivity index (χ1) is 7.67. The Hall–Kier alpha value is -0.540. The Morgan fingerprint density at radius 3 is 2.75 bits per heavy atom. The van der Waals surface area contributed by atoms with Gasteiger partial charge in [0.15, 0.2) is 0 Å². The van der Waals surface area contributed by atoms with E-state index in [1.165, 1.54) is 24.0 Å². The second-order valence-electron chi connectivity index (χ2n) is 4.43. The highest BCUT2D eigenvalue weighted by Gasteiger charge is 2.27. The van der Waals surface area contributed by atoms with Crippen LogP contribution in [0.15, 0.2) is 16.6 Å². The quantitative estimate of drug-likeness (QED) is 0.895. The highest BCUT2D eigenvalue weighted by molar-refractivity contribution is 9.10. The number of hydrogen-bond donors (Lipinski definition) is 1. The van der Waals surface area contributed by atoms with E-state index in [2.05, 4.69) is 40.3 Å². The molecule has 16 heavy (non-hydrogen) atoms. The fraction of sp³-hybridized carbons (Fsp3) is 0.538. The summed E-state index contributed by atoms with van der Waals surface area (Å²) in [5, 5.41) is 3.38. The zero-order valence-corrected chi connectivity index (χ0v) is 11.6. The van der Waals surface area contributed by atoms with Gasteiger partial charge in [0, 0.05) is 16.1 Å².